The molecule has 0 bridgehead atoms. The molecule has 38 heavy (non-hydrogen) atoms. The molecule has 0 atom stereocenters. The second-order valence-electron chi connectivity index (χ2n) is 12.9. The number of para-hydroxylation sites is 2. The number of nitrogens with zero attached hydrogens (tertiary/aromatic N) is 2. The van der Waals surface area contributed by atoms with E-state index in [1.807, 2.05) is 0 Å². The van der Waals surface area contributed by atoms with Gasteiger partial charge in [-0.05, 0) is 97.7 Å². The zero-order chi connectivity index (χ0) is 26.5. The summed E-state index contributed by atoms with van der Waals surface area (Å²) in [6.07, 6.45) is 3.03. The van der Waals surface area contributed by atoms with Gasteiger partial charge in [-0.1, -0.05) is 71.0 Å². The first-order valence-corrected chi connectivity index (χ1v) is 14.2. The predicted octanol–water partition coefficient (Wildman–Crippen LogP) is 9.02. The Bertz CT molecular complexity index is 1630. The van der Waals surface area contributed by atoms with Crippen LogP contribution >= 0.6 is 0 Å². The highest BCUT2D eigenvalue weighted by Crippen LogP contribution is 2.55. The molecule has 7 rings (SSSR count). The molecule has 2 aliphatic heterocycles. The molecule has 0 spiro atoms. The van der Waals surface area contributed by atoms with Crippen molar-refractivity contribution in [3.8, 4) is 11.1 Å². The van der Waals surface area contributed by atoms with Crippen LogP contribution in [-0.4, -0.2) is 14.1 Å². The van der Waals surface area contributed by atoms with Gasteiger partial charge < -0.3 is 9.80 Å². The van der Waals surface area contributed by atoms with E-state index in [2.05, 4.69) is 119 Å². The van der Waals surface area contributed by atoms with Gasteiger partial charge in [-0.3, -0.25) is 0 Å². The summed E-state index contributed by atoms with van der Waals surface area (Å²) in [5.74, 6) is 0.459. The van der Waals surface area contributed by atoms with Crippen molar-refractivity contribution in [2.45, 2.75) is 65.2 Å². The van der Waals surface area contributed by atoms with Gasteiger partial charge in [0.05, 0.1) is 0 Å². The highest BCUT2D eigenvalue weighted by molar-refractivity contribution is 5.91. The minimum atomic E-state index is 0.0443. The number of hydrogen-bond donors (Lipinski definition) is 0. The smallest absolute Gasteiger partial charge is 0.0485 e. The van der Waals surface area contributed by atoms with Gasteiger partial charge in [0.25, 0.3) is 0 Å². The Kier molecular flexibility index (Phi) is 4.96. The van der Waals surface area contributed by atoms with Crippen LogP contribution in [0.5, 0.6) is 0 Å². The molecule has 3 aliphatic rings. The molecule has 0 aromatic heterocycles. The first-order valence-electron chi connectivity index (χ1n) is 14.2. The van der Waals surface area contributed by atoms with E-state index in [9.17, 15) is 0 Å². The van der Waals surface area contributed by atoms with Crippen molar-refractivity contribution in [2.24, 2.45) is 0 Å². The van der Waals surface area contributed by atoms with Crippen LogP contribution < -0.4 is 9.80 Å². The third-order valence-electron chi connectivity index (χ3n) is 9.12. The molecule has 192 valence electrons. The first kappa shape index (κ1) is 23.6. The summed E-state index contributed by atoms with van der Waals surface area (Å²) >= 11 is 0. The van der Waals surface area contributed by atoms with Gasteiger partial charge in [0.15, 0.2) is 0 Å². The van der Waals surface area contributed by atoms with Crippen LogP contribution in [-0.2, 0) is 24.7 Å². The molecule has 0 unspecified atom stereocenters. The van der Waals surface area contributed by atoms with E-state index in [4.69, 9.17) is 0 Å². The van der Waals surface area contributed by atoms with Crippen molar-refractivity contribution in [1.82, 2.24) is 0 Å². The molecular weight excluding hydrogens is 460 g/mol. The van der Waals surface area contributed by atoms with Crippen LogP contribution in [0.4, 0.5) is 22.7 Å². The van der Waals surface area contributed by atoms with Crippen LogP contribution in [0.3, 0.4) is 0 Å². The molecule has 0 amide bonds. The minimum Gasteiger partial charge on any atom is -0.344 e. The third kappa shape index (κ3) is 3.19. The molecule has 2 heteroatoms. The summed E-state index contributed by atoms with van der Waals surface area (Å²) in [7, 11) is 4.54. The molecule has 4 aromatic carbocycles. The number of hydrogen-bond acceptors (Lipinski definition) is 2. The molecular formula is C36H38N2. The fourth-order valence-corrected chi connectivity index (χ4v) is 7.69. The normalized spacial score (nSPS) is 15.1. The molecule has 1 aliphatic carbocycles. The number of rotatable bonds is 1. The molecule has 0 N–H and O–H groups in total. The summed E-state index contributed by atoms with van der Waals surface area (Å²) < 4.78 is 0. The van der Waals surface area contributed by atoms with Gasteiger partial charge in [-0.15, -0.1) is 0 Å². The van der Waals surface area contributed by atoms with Crippen LogP contribution in [0.2, 0.25) is 0 Å². The van der Waals surface area contributed by atoms with Crippen LogP contribution in [0.15, 0.2) is 60.7 Å². The Hall–Kier alpha value is -3.52. The van der Waals surface area contributed by atoms with Crippen LogP contribution in [0.25, 0.3) is 11.1 Å². The lowest BCUT2D eigenvalue weighted by Crippen LogP contribution is -2.26. The zero-order valence-corrected chi connectivity index (χ0v) is 23.9. The standard InChI is InChI=1S/C36H38N2/c1-21(2)32-28-20-29-27(26(28)18-24-16-22-12-8-10-14-30(22)37(6)34(24)32)19-25-17-23-13-9-11-15-31(23)38(7)35(25)33(29)36(3,4)5/h8-15,18-19,21H,16-17,20H2,1-7H3. The first-order chi connectivity index (χ1) is 18.1. The van der Waals surface area contributed by atoms with Crippen molar-refractivity contribution in [3.05, 3.63) is 105 Å². The van der Waals surface area contributed by atoms with Gasteiger partial charge in [0, 0.05) is 49.7 Å². The Morgan fingerprint density at radius 1 is 0.632 bits per heavy atom. The minimum absolute atomic E-state index is 0.0443. The van der Waals surface area contributed by atoms with Gasteiger partial charge in [-0.2, -0.15) is 0 Å². The highest BCUT2D eigenvalue weighted by Gasteiger charge is 2.37. The maximum absolute atomic E-state index is 2.55. The summed E-state index contributed by atoms with van der Waals surface area (Å²) in [4.78, 5) is 4.93. The molecule has 0 radical (unpaired) electrons. The zero-order valence-electron chi connectivity index (χ0n) is 23.9. The van der Waals surface area contributed by atoms with Crippen molar-refractivity contribution >= 4 is 22.7 Å². The second kappa shape index (κ2) is 7.99. The van der Waals surface area contributed by atoms with Crippen molar-refractivity contribution in [1.29, 1.82) is 0 Å². The van der Waals surface area contributed by atoms with Gasteiger partial charge in [0.1, 0.15) is 0 Å². The molecule has 2 heterocycles. The third-order valence-corrected chi connectivity index (χ3v) is 9.12. The summed E-state index contributed by atoms with van der Waals surface area (Å²) in [6.45, 7) is 12.0. The summed E-state index contributed by atoms with van der Waals surface area (Å²) in [6, 6.07) is 23.0. The van der Waals surface area contributed by atoms with Gasteiger partial charge in [-0.25, -0.2) is 0 Å². The van der Waals surface area contributed by atoms with E-state index in [1.165, 1.54) is 61.7 Å². The lowest BCUT2D eigenvalue weighted by atomic mass is 9.77. The molecule has 2 nitrogen and oxygen atoms in total. The van der Waals surface area contributed by atoms with Crippen molar-refractivity contribution in [2.75, 3.05) is 23.9 Å². The molecule has 4 aromatic rings. The maximum atomic E-state index is 2.55. The average molecular weight is 499 g/mol. The van der Waals surface area contributed by atoms with Crippen LogP contribution in [0, 0.1) is 0 Å². The predicted molar refractivity (Wildman–Crippen MR) is 162 cm³/mol. The quantitative estimate of drug-likeness (QED) is 0.227. The highest BCUT2D eigenvalue weighted by atomic mass is 15.1. The average Bonchev–Trinajstić information content (AvgIpc) is 3.23. The van der Waals surface area contributed by atoms with Gasteiger partial charge >= 0.3 is 0 Å². The Balaban J connectivity index is 1.50. The van der Waals surface area contributed by atoms with Crippen molar-refractivity contribution in [3.63, 3.8) is 0 Å². The molecule has 0 fully saturated rings. The fourth-order valence-electron chi connectivity index (χ4n) is 7.69. The SMILES string of the molecule is CC(C)c1c2c(cc3c1N(C)c1ccccc1C3)-c1cc3c(c(C(C)(C)C)c1C2)N(C)c1ccccc1C3. The number of anilines is 4. The monoisotopic (exact) mass is 498 g/mol. The summed E-state index contributed by atoms with van der Waals surface area (Å²) in [5, 5.41) is 0. The lowest BCUT2D eigenvalue weighted by Gasteiger charge is -2.37. The molecule has 0 saturated carbocycles. The lowest BCUT2D eigenvalue weighted by molar-refractivity contribution is 0.584. The van der Waals surface area contributed by atoms with E-state index in [-0.39, 0.29) is 5.41 Å². The van der Waals surface area contributed by atoms with E-state index in [1.54, 1.807) is 16.7 Å². The largest absolute Gasteiger partial charge is 0.344 e. The topological polar surface area (TPSA) is 6.48 Å². The Morgan fingerprint density at radius 2 is 1.13 bits per heavy atom. The Morgan fingerprint density at radius 3 is 1.68 bits per heavy atom. The maximum Gasteiger partial charge on any atom is 0.0485 e. The Labute approximate surface area is 227 Å². The van der Waals surface area contributed by atoms with E-state index in [0.717, 1.165) is 19.3 Å². The van der Waals surface area contributed by atoms with Crippen molar-refractivity contribution < 1.29 is 0 Å². The number of benzene rings is 4. The second-order valence-corrected chi connectivity index (χ2v) is 12.9. The van der Waals surface area contributed by atoms with E-state index < -0.39 is 0 Å². The van der Waals surface area contributed by atoms with Gasteiger partial charge in [0.2, 0.25) is 0 Å². The van der Waals surface area contributed by atoms with E-state index >= 15 is 0 Å². The number of fused-ring (bicyclic) bond motifs is 7. The fraction of sp³-hybridized carbons (Fsp3) is 0.333. The van der Waals surface area contributed by atoms with Crippen LogP contribution in [0.1, 0.15) is 85.0 Å². The molecule has 0 saturated heterocycles. The summed E-state index contributed by atoms with van der Waals surface area (Å²) in [5.41, 5.74) is 20.5. The van der Waals surface area contributed by atoms with E-state index in [0.29, 0.717) is 5.92 Å².